The summed E-state index contributed by atoms with van der Waals surface area (Å²) in [5, 5.41) is 8.60. The van der Waals surface area contributed by atoms with Crippen LogP contribution in [0.5, 0.6) is 0 Å². The van der Waals surface area contributed by atoms with Gasteiger partial charge >= 0.3 is 5.97 Å². The highest BCUT2D eigenvalue weighted by atomic mass is 16.4. The Balaban J connectivity index is 1.79. The van der Waals surface area contributed by atoms with Crippen LogP contribution in [0.1, 0.15) is 12.0 Å². The first kappa shape index (κ1) is 13.5. The Kier molecular flexibility index (Phi) is 4.46. The molecular formula is C13H17N3O3. The van der Waals surface area contributed by atoms with Gasteiger partial charge in [0.25, 0.3) is 0 Å². The van der Waals surface area contributed by atoms with Gasteiger partial charge in [0.05, 0.1) is 0 Å². The molecule has 1 fully saturated rings. The van der Waals surface area contributed by atoms with Gasteiger partial charge in [-0.15, -0.1) is 0 Å². The van der Waals surface area contributed by atoms with E-state index in [1.165, 1.54) is 5.56 Å². The zero-order valence-corrected chi connectivity index (χ0v) is 10.7. The van der Waals surface area contributed by atoms with Crippen molar-refractivity contribution in [3.63, 3.8) is 0 Å². The molecule has 1 N–H and O–H groups in total. The van der Waals surface area contributed by atoms with Crippen molar-refractivity contribution in [2.45, 2.75) is 13.0 Å². The minimum Gasteiger partial charge on any atom is -0.481 e. The summed E-state index contributed by atoms with van der Waals surface area (Å²) >= 11 is 0. The van der Waals surface area contributed by atoms with Crippen molar-refractivity contribution in [1.82, 2.24) is 14.8 Å². The Morgan fingerprint density at radius 2 is 1.79 bits per heavy atom. The maximum absolute atomic E-state index is 11.6. The topological polar surface area (TPSA) is 73.7 Å². The average molecular weight is 263 g/mol. The van der Waals surface area contributed by atoms with Gasteiger partial charge in [-0.2, -0.15) is 0 Å². The van der Waals surface area contributed by atoms with Gasteiger partial charge in [0.2, 0.25) is 5.91 Å². The van der Waals surface area contributed by atoms with Crippen LogP contribution in [0.3, 0.4) is 0 Å². The fourth-order valence-electron chi connectivity index (χ4n) is 2.14. The van der Waals surface area contributed by atoms with Crippen molar-refractivity contribution in [3.05, 3.63) is 30.1 Å². The molecule has 0 spiro atoms. The van der Waals surface area contributed by atoms with Crippen molar-refractivity contribution in [2.75, 3.05) is 26.2 Å². The highest BCUT2D eigenvalue weighted by molar-refractivity contribution is 5.93. The number of carboxylic acids is 1. The van der Waals surface area contributed by atoms with Gasteiger partial charge < -0.3 is 10.0 Å². The van der Waals surface area contributed by atoms with Crippen molar-refractivity contribution >= 4 is 11.9 Å². The number of carbonyl (C=O) groups is 2. The summed E-state index contributed by atoms with van der Waals surface area (Å²) in [7, 11) is 0. The molecule has 1 aromatic heterocycles. The summed E-state index contributed by atoms with van der Waals surface area (Å²) in [6, 6.07) is 3.95. The number of carbonyl (C=O) groups excluding carboxylic acids is 1. The maximum Gasteiger partial charge on any atom is 0.312 e. The number of hydrogen-bond acceptors (Lipinski definition) is 4. The van der Waals surface area contributed by atoms with E-state index in [-0.39, 0.29) is 5.91 Å². The molecular weight excluding hydrogens is 246 g/mol. The molecule has 1 saturated heterocycles. The van der Waals surface area contributed by atoms with Gasteiger partial charge in [-0.3, -0.25) is 19.5 Å². The minimum absolute atomic E-state index is 0.295. The lowest BCUT2D eigenvalue weighted by atomic mass is 10.2. The molecule has 102 valence electrons. The Morgan fingerprint density at radius 1 is 1.16 bits per heavy atom. The van der Waals surface area contributed by atoms with Gasteiger partial charge in [0.15, 0.2) is 0 Å². The molecule has 1 amide bonds. The van der Waals surface area contributed by atoms with E-state index in [0.29, 0.717) is 13.1 Å². The van der Waals surface area contributed by atoms with E-state index in [9.17, 15) is 9.59 Å². The third-order valence-electron chi connectivity index (χ3n) is 3.18. The lowest BCUT2D eigenvalue weighted by molar-refractivity contribution is -0.145. The molecule has 0 atom stereocenters. The molecule has 0 unspecified atom stereocenters. The van der Waals surface area contributed by atoms with Crippen LogP contribution < -0.4 is 0 Å². The molecule has 1 aliphatic rings. The van der Waals surface area contributed by atoms with E-state index in [1.54, 1.807) is 17.3 Å². The summed E-state index contributed by atoms with van der Waals surface area (Å²) < 4.78 is 0. The molecule has 19 heavy (non-hydrogen) atoms. The van der Waals surface area contributed by atoms with E-state index in [2.05, 4.69) is 9.88 Å². The fourth-order valence-corrected chi connectivity index (χ4v) is 2.14. The Labute approximate surface area is 111 Å². The van der Waals surface area contributed by atoms with Crippen LogP contribution in [0.2, 0.25) is 0 Å². The molecule has 1 aromatic rings. The lowest BCUT2D eigenvalue weighted by Crippen LogP contribution is -2.48. The maximum atomic E-state index is 11.6. The van der Waals surface area contributed by atoms with Crippen LogP contribution in [0.25, 0.3) is 0 Å². The smallest absolute Gasteiger partial charge is 0.312 e. The zero-order valence-electron chi connectivity index (χ0n) is 10.7. The largest absolute Gasteiger partial charge is 0.481 e. The second-order valence-corrected chi connectivity index (χ2v) is 4.58. The van der Waals surface area contributed by atoms with E-state index >= 15 is 0 Å². The Bertz CT molecular complexity index is 442. The third kappa shape index (κ3) is 4.03. The first-order valence-corrected chi connectivity index (χ1v) is 6.26. The van der Waals surface area contributed by atoms with E-state index in [1.807, 2.05) is 12.1 Å². The number of carboxylic acid groups (broad SMARTS) is 1. The number of aliphatic carboxylic acids is 1. The van der Waals surface area contributed by atoms with Gasteiger partial charge in [0, 0.05) is 45.1 Å². The molecule has 6 nitrogen and oxygen atoms in total. The molecule has 0 saturated carbocycles. The predicted molar refractivity (Wildman–Crippen MR) is 68.3 cm³/mol. The number of nitrogens with zero attached hydrogens (tertiary/aromatic N) is 3. The second kappa shape index (κ2) is 6.29. The molecule has 2 rings (SSSR count). The molecule has 1 aliphatic heterocycles. The highest BCUT2D eigenvalue weighted by Gasteiger charge is 2.22. The molecule has 0 aromatic carbocycles. The van der Waals surface area contributed by atoms with Crippen LogP contribution in [-0.2, 0) is 16.1 Å². The standard InChI is InChI=1S/C13H17N3O3/c17-12(9-13(18)19)16-7-5-15(6-8-16)10-11-1-3-14-4-2-11/h1-4H,5-10H2,(H,18,19). The first-order valence-electron chi connectivity index (χ1n) is 6.26. The SMILES string of the molecule is O=C(O)CC(=O)N1CCN(Cc2ccncc2)CC1. The fraction of sp³-hybridized carbons (Fsp3) is 0.462. The van der Waals surface area contributed by atoms with Crippen molar-refractivity contribution in [1.29, 1.82) is 0 Å². The minimum atomic E-state index is -1.07. The lowest BCUT2D eigenvalue weighted by Gasteiger charge is -2.34. The highest BCUT2D eigenvalue weighted by Crippen LogP contribution is 2.08. The molecule has 0 aliphatic carbocycles. The van der Waals surface area contributed by atoms with Crippen LogP contribution in [-0.4, -0.2) is 57.9 Å². The molecule has 0 bridgehead atoms. The number of piperazine rings is 1. The Morgan fingerprint density at radius 3 is 2.37 bits per heavy atom. The summed E-state index contributed by atoms with van der Waals surface area (Å²) in [4.78, 5) is 29.9. The van der Waals surface area contributed by atoms with Crippen LogP contribution in [0, 0.1) is 0 Å². The monoisotopic (exact) mass is 263 g/mol. The van der Waals surface area contributed by atoms with Crippen LogP contribution >= 0.6 is 0 Å². The third-order valence-corrected chi connectivity index (χ3v) is 3.18. The molecule has 2 heterocycles. The summed E-state index contributed by atoms with van der Waals surface area (Å²) in [5.41, 5.74) is 1.19. The number of rotatable bonds is 4. The van der Waals surface area contributed by atoms with E-state index < -0.39 is 12.4 Å². The van der Waals surface area contributed by atoms with Crippen LogP contribution in [0.4, 0.5) is 0 Å². The molecule has 6 heteroatoms. The van der Waals surface area contributed by atoms with Crippen molar-refractivity contribution in [3.8, 4) is 0 Å². The van der Waals surface area contributed by atoms with Gasteiger partial charge in [-0.05, 0) is 17.7 Å². The number of hydrogen-bond donors (Lipinski definition) is 1. The van der Waals surface area contributed by atoms with Gasteiger partial charge in [-0.25, -0.2) is 0 Å². The first-order chi connectivity index (χ1) is 9.15. The van der Waals surface area contributed by atoms with E-state index in [0.717, 1.165) is 19.6 Å². The quantitative estimate of drug-likeness (QED) is 0.786. The number of pyridine rings is 1. The van der Waals surface area contributed by atoms with Crippen molar-refractivity contribution in [2.24, 2.45) is 0 Å². The number of amides is 1. The average Bonchev–Trinajstić information content (AvgIpc) is 2.40. The second-order valence-electron chi connectivity index (χ2n) is 4.58. The molecule has 0 radical (unpaired) electrons. The zero-order chi connectivity index (χ0) is 13.7. The number of aromatic nitrogens is 1. The van der Waals surface area contributed by atoms with Gasteiger partial charge in [0.1, 0.15) is 6.42 Å². The summed E-state index contributed by atoms with van der Waals surface area (Å²) in [5.74, 6) is -1.36. The van der Waals surface area contributed by atoms with Gasteiger partial charge in [-0.1, -0.05) is 0 Å². The van der Waals surface area contributed by atoms with E-state index in [4.69, 9.17) is 5.11 Å². The predicted octanol–water partition coefficient (Wildman–Crippen LogP) is 0.200. The van der Waals surface area contributed by atoms with Crippen molar-refractivity contribution < 1.29 is 14.7 Å². The normalized spacial score (nSPS) is 16.3. The Hall–Kier alpha value is -1.95. The summed E-state index contributed by atoms with van der Waals surface area (Å²) in [6.07, 6.45) is 3.12. The van der Waals surface area contributed by atoms with Crippen LogP contribution in [0.15, 0.2) is 24.5 Å². The summed E-state index contributed by atoms with van der Waals surface area (Å²) in [6.45, 7) is 3.57.